The molecule has 0 N–H and O–H groups in total. The summed E-state index contributed by atoms with van der Waals surface area (Å²) in [5.41, 5.74) is 0. The van der Waals surface area contributed by atoms with E-state index < -0.39 is 0 Å². The van der Waals surface area contributed by atoms with Crippen molar-refractivity contribution in [3.8, 4) is 0 Å². The third-order valence-electron chi connectivity index (χ3n) is 2.71. The van der Waals surface area contributed by atoms with E-state index in [0.29, 0.717) is 19.8 Å². The van der Waals surface area contributed by atoms with Crippen LogP contribution >= 0.6 is 11.6 Å². The van der Waals surface area contributed by atoms with E-state index in [4.69, 9.17) is 21.1 Å². The molecule has 1 rings (SSSR count). The number of carbonyl (C=O) groups is 1. The molecule has 0 radical (unpaired) electrons. The van der Waals surface area contributed by atoms with Gasteiger partial charge >= 0.3 is 0 Å². The maximum absolute atomic E-state index is 12.0. The van der Waals surface area contributed by atoms with Crippen molar-refractivity contribution in [2.24, 2.45) is 5.92 Å². The molecular weight excluding hydrogens is 230 g/mol. The summed E-state index contributed by atoms with van der Waals surface area (Å²) in [4.78, 5) is 13.7. The zero-order chi connectivity index (χ0) is 12.0. The number of rotatable bonds is 5. The van der Waals surface area contributed by atoms with Crippen LogP contribution in [0, 0.1) is 5.92 Å². The van der Waals surface area contributed by atoms with Crippen LogP contribution in [0.1, 0.15) is 12.8 Å². The summed E-state index contributed by atoms with van der Waals surface area (Å²) < 4.78 is 10.2. The van der Waals surface area contributed by atoms with E-state index in [1.807, 2.05) is 0 Å². The van der Waals surface area contributed by atoms with Crippen LogP contribution in [0.15, 0.2) is 0 Å². The van der Waals surface area contributed by atoms with Gasteiger partial charge < -0.3 is 14.4 Å². The predicted molar refractivity (Wildman–Crippen MR) is 62.7 cm³/mol. The van der Waals surface area contributed by atoms with E-state index in [9.17, 15) is 4.79 Å². The minimum Gasteiger partial charge on any atom is -0.383 e. The summed E-state index contributed by atoms with van der Waals surface area (Å²) in [6.45, 7) is 2.29. The van der Waals surface area contributed by atoms with Crippen LogP contribution in [-0.2, 0) is 14.3 Å². The fraction of sp³-hybridized carbons (Fsp3) is 0.909. The van der Waals surface area contributed by atoms with Gasteiger partial charge in [0.25, 0.3) is 0 Å². The van der Waals surface area contributed by atoms with Gasteiger partial charge in [0.2, 0.25) is 5.91 Å². The zero-order valence-electron chi connectivity index (χ0n) is 9.95. The van der Waals surface area contributed by atoms with Crippen LogP contribution in [0.3, 0.4) is 0 Å². The summed E-state index contributed by atoms with van der Waals surface area (Å²) >= 11 is 6.01. The first-order valence-electron chi connectivity index (χ1n) is 5.61. The number of nitrogens with zero attached hydrogens (tertiary/aromatic N) is 1. The van der Waals surface area contributed by atoms with E-state index in [2.05, 4.69) is 0 Å². The van der Waals surface area contributed by atoms with E-state index in [1.54, 1.807) is 19.1 Å². The lowest BCUT2D eigenvalue weighted by molar-refractivity contribution is -0.138. The number of methoxy groups -OCH3 is 1. The lowest BCUT2D eigenvalue weighted by Crippen LogP contribution is -2.40. The number of alkyl halides is 1. The average Bonchev–Trinajstić information content (AvgIpc) is 2.29. The molecule has 1 heterocycles. The van der Waals surface area contributed by atoms with Crippen LogP contribution < -0.4 is 0 Å². The molecular formula is C11H20ClNO3. The topological polar surface area (TPSA) is 38.8 Å². The van der Waals surface area contributed by atoms with Gasteiger partial charge in [-0.2, -0.15) is 0 Å². The van der Waals surface area contributed by atoms with Crippen molar-refractivity contribution in [2.75, 3.05) is 40.5 Å². The van der Waals surface area contributed by atoms with Crippen molar-refractivity contribution < 1.29 is 14.3 Å². The molecule has 4 nitrogen and oxygen atoms in total. The maximum atomic E-state index is 12.0. The maximum Gasteiger partial charge on any atom is 0.227 e. The van der Waals surface area contributed by atoms with Crippen LogP contribution in [0.2, 0.25) is 0 Å². The van der Waals surface area contributed by atoms with Gasteiger partial charge in [-0.05, 0) is 12.8 Å². The second-order valence-electron chi connectivity index (χ2n) is 4.19. The molecule has 0 saturated carbocycles. The first kappa shape index (κ1) is 13.7. The quantitative estimate of drug-likeness (QED) is 0.686. The molecule has 0 aromatic carbocycles. The molecule has 2 atom stereocenters. The Morgan fingerprint density at radius 3 is 3.00 bits per heavy atom. The molecule has 0 bridgehead atoms. The summed E-state index contributed by atoms with van der Waals surface area (Å²) in [5.74, 6) is 0.131. The fourth-order valence-electron chi connectivity index (χ4n) is 1.87. The van der Waals surface area contributed by atoms with Crippen molar-refractivity contribution in [3.63, 3.8) is 0 Å². The Bertz CT molecular complexity index is 219. The van der Waals surface area contributed by atoms with Gasteiger partial charge in [0, 0.05) is 27.3 Å². The molecule has 1 fully saturated rings. The Morgan fingerprint density at radius 2 is 2.44 bits per heavy atom. The summed E-state index contributed by atoms with van der Waals surface area (Å²) in [6, 6.07) is 0. The monoisotopic (exact) mass is 249 g/mol. The number of halogens is 1. The first-order chi connectivity index (χ1) is 7.65. The third kappa shape index (κ3) is 4.28. The van der Waals surface area contributed by atoms with Crippen molar-refractivity contribution in [3.05, 3.63) is 0 Å². The predicted octanol–water partition coefficient (Wildman–Crippen LogP) is 1.13. The standard InChI is InChI=1S/C11H20ClNO3/c1-13(6-10(12)8-15-2)11(14)9-4-3-5-16-7-9/h9-10H,3-8H2,1-2H3. The van der Waals surface area contributed by atoms with Crippen molar-refractivity contribution in [1.82, 2.24) is 4.90 Å². The van der Waals surface area contributed by atoms with Gasteiger partial charge in [-0.3, -0.25) is 4.79 Å². The highest BCUT2D eigenvalue weighted by atomic mass is 35.5. The molecule has 94 valence electrons. The Labute approximate surface area is 102 Å². The second kappa shape index (κ2) is 7.09. The lowest BCUT2D eigenvalue weighted by Gasteiger charge is -2.27. The van der Waals surface area contributed by atoms with Gasteiger partial charge in [-0.1, -0.05) is 0 Å². The van der Waals surface area contributed by atoms with E-state index in [0.717, 1.165) is 19.4 Å². The van der Waals surface area contributed by atoms with E-state index >= 15 is 0 Å². The summed E-state index contributed by atoms with van der Waals surface area (Å²) in [5, 5.41) is -0.150. The Kier molecular flexibility index (Phi) is 6.09. The van der Waals surface area contributed by atoms with Crippen molar-refractivity contribution in [1.29, 1.82) is 0 Å². The largest absolute Gasteiger partial charge is 0.383 e. The number of amides is 1. The molecule has 1 aliphatic heterocycles. The number of hydrogen-bond acceptors (Lipinski definition) is 3. The second-order valence-corrected chi connectivity index (χ2v) is 4.80. The van der Waals surface area contributed by atoms with Gasteiger partial charge in [0.15, 0.2) is 0 Å². The van der Waals surface area contributed by atoms with Crippen LogP contribution in [-0.4, -0.2) is 56.7 Å². The molecule has 0 aliphatic carbocycles. The minimum atomic E-state index is -0.150. The SMILES string of the molecule is COCC(Cl)CN(C)C(=O)C1CCCOC1. The molecule has 16 heavy (non-hydrogen) atoms. The van der Waals surface area contributed by atoms with Crippen LogP contribution in [0.5, 0.6) is 0 Å². The zero-order valence-corrected chi connectivity index (χ0v) is 10.7. The normalized spacial score (nSPS) is 22.8. The molecule has 5 heteroatoms. The average molecular weight is 250 g/mol. The molecule has 0 aromatic rings. The number of carbonyl (C=O) groups excluding carboxylic acids is 1. The fourth-order valence-corrected chi connectivity index (χ4v) is 2.20. The molecule has 0 aromatic heterocycles. The lowest BCUT2D eigenvalue weighted by atomic mass is 10.0. The number of ether oxygens (including phenoxy) is 2. The number of hydrogen-bond donors (Lipinski definition) is 0. The smallest absolute Gasteiger partial charge is 0.227 e. The summed E-state index contributed by atoms with van der Waals surface area (Å²) in [6.07, 6.45) is 1.88. The third-order valence-corrected chi connectivity index (χ3v) is 2.97. The molecule has 1 aliphatic rings. The highest BCUT2D eigenvalue weighted by Gasteiger charge is 2.25. The van der Waals surface area contributed by atoms with E-state index in [1.165, 1.54) is 0 Å². The Balaban J connectivity index is 2.34. The molecule has 1 amide bonds. The van der Waals surface area contributed by atoms with Crippen LogP contribution in [0.4, 0.5) is 0 Å². The summed E-state index contributed by atoms with van der Waals surface area (Å²) in [7, 11) is 3.38. The van der Waals surface area contributed by atoms with Crippen molar-refractivity contribution >= 4 is 17.5 Å². The first-order valence-corrected chi connectivity index (χ1v) is 6.04. The highest BCUT2D eigenvalue weighted by Crippen LogP contribution is 2.16. The van der Waals surface area contributed by atoms with Gasteiger partial charge in [-0.15, -0.1) is 11.6 Å². The molecule has 2 unspecified atom stereocenters. The van der Waals surface area contributed by atoms with Gasteiger partial charge in [-0.25, -0.2) is 0 Å². The minimum absolute atomic E-state index is 0.00478. The van der Waals surface area contributed by atoms with Gasteiger partial charge in [0.05, 0.1) is 24.5 Å². The van der Waals surface area contributed by atoms with E-state index in [-0.39, 0.29) is 17.2 Å². The highest BCUT2D eigenvalue weighted by molar-refractivity contribution is 6.21. The van der Waals surface area contributed by atoms with Crippen LogP contribution in [0.25, 0.3) is 0 Å². The van der Waals surface area contributed by atoms with Crippen molar-refractivity contribution in [2.45, 2.75) is 18.2 Å². The van der Waals surface area contributed by atoms with Gasteiger partial charge in [0.1, 0.15) is 0 Å². The molecule has 1 saturated heterocycles. The Hall–Kier alpha value is -0.320. The Morgan fingerprint density at radius 1 is 1.69 bits per heavy atom. The molecule has 0 spiro atoms.